The Bertz CT molecular complexity index is 1580. The molecule has 42 heavy (non-hydrogen) atoms. The molecule has 0 fully saturated rings. The Labute approximate surface area is 249 Å². The molecule has 0 aliphatic rings. The van der Waals surface area contributed by atoms with Crippen LogP contribution in [-0.2, 0) is 11.2 Å². The molecule has 3 heterocycles. The highest BCUT2D eigenvalue weighted by Crippen LogP contribution is 2.32. The summed E-state index contributed by atoms with van der Waals surface area (Å²) in [5.74, 6) is 2.48. The van der Waals surface area contributed by atoms with Crippen LogP contribution in [0.25, 0.3) is 38.9 Å². The number of rotatable bonds is 12. The van der Waals surface area contributed by atoms with E-state index in [4.69, 9.17) is 15.7 Å². The lowest BCUT2D eigenvalue weighted by atomic mass is 9.90. The average Bonchev–Trinajstić information content (AvgIpc) is 3.39. The summed E-state index contributed by atoms with van der Waals surface area (Å²) < 4.78 is 2.08. The minimum absolute atomic E-state index is 0.394. The molecule has 5 aromatic rings. The maximum absolute atomic E-state index is 10.9. The van der Waals surface area contributed by atoms with E-state index in [1.165, 1.54) is 12.8 Å². The molecule has 0 aliphatic carbocycles. The summed E-state index contributed by atoms with van der Waals surface area (Å²) in [4.78, 5) is 25.4. The molecule has 2 atom stereocenters. The zero-order valence-electron chi connectivity index (χ0n) is 25.4. The van der Waals surface area contributed by atoms with Crippen molar-refractivity contribution in [1.29, 1.82) is 0 Å². The largest absolute Gasteiger partial charge is 0.382 e. The zero-order valence-corrected chi connectivity index (χ0v) is 25.4. The second-order valence-electron chi connectivity index (χ2n) is 11.1. The van der Waals surface area contributed by atoms with E-state index in [2.05, 4.69) is 84.9 Å². The van der Waals surface area contributed by atoms with Crippen molar-refractivity contribution in [3.63, 3.8) is 0 Å². The number of pyridine rings is 1. The average molecular weight is 565 g/mol. The van der Waals surface area contributed by atoms with Gasteiger partial charge in [-0.3, -0.25) is 9.20 Å². The second kappa shape index (κ2) is 15.1. The van der Waals surface area contributed by atoms with E-state index in [9.17, 15) is 4.79 Å². The molecule has 0 saturated heterocycles. The van der Waals surface area contributed by atoms with Gasteiger partial charge in [0.2, 0.25) is 6.41 Å². The van der Waals surface area contributed by atoms with Gasteiger partial charge in [0.1, 0.15) is 22.9 Å². The molecule has 5 rings (SSSR count). The van der Waals surface area contributed by atoms with Crippen LogP contribution in [0.5, 0.6) is 0 Å². The minimum Gasteiger partial charge on any atom is -0.382 e. The molecular formula is C35H44N6O. The van der Waals surface area contributed by atoms with Crippen LogP contribution in [0.1, 0.15) is 65.6 Å². The SMILES string of the molecule is CCC.CCC(C)CCC(CCNC=O)Cc1nc(-c2ccc3ccc(-c4ccccc4)nc3c2)c2c(N)nccn12. The van der Waals surface area contributed by atoms with Gasteiger partial charge in [0.25, 0.3) is 0 Å². The lowest BCUT2D eigenvalue weighted by Crippen LogP contribution is -2.19. The normalized spacial score (nSPS) is 12.5. The Morgan fingerprint density at radius 3 is 2.45 bits per heavy atom. The number of nitrogens with zero attached hydrogens (tertiary/aromatic N) is 4. The molecule has 0 saturated carbocycles. The van der Waals surface area contributed by atoms with Gasteiger partial charge in [-0.1, -0.05) is 95.5 Å². The molecule has 7 heteroatoms. The first-order chi connectivity index (χ1) is 20.5. The van der Waals surface area contributed by atoms with E-state index in [0.29, 0.717) is 24.2 Å². The maximum atomic E-state index is 10.9. The number of nitrogens with two attached hydrogens (primary N) is 1. The number of amides is 1. The van der Waals surface area contributed by atoms with Gasteiger partial charge in [-0.2, -0.15) is 0 Å². The monoisotopic (exact) mass is 564 g/mol. The van der Waals surface area contributed by atoms with Crippen molar-refractivity contribution in [1.82, 2.24) is 24.7 Å². The number of carbonyl (C=O) groups is 1. The third kappa shape index (κ3) is 7.52. The van der Waals surface area contributed by atoms with Gasteiger partial charge in [-0.05, 0) is 36.8 Å². The molecule has 0 spiro atoms. The Morgan fingerprint density at radius 2 is 1.71 bits per heavy atom. The fourth-order valence-corrected chi connectivity index (χ4v) is 5.18. The van der Waals surface area contributed by atoms with E-state index in [0.717, 1.165) is 76.9 Å². The highest BCUT2D eigenvalue weighted by molar-refractivity contribution is 5.91. The lowest BCUT2D eigenvalue weighted by Gasteiger charge is -2.18. The standard InChI is InChI=1S/C32H36N6O.C3H8/c1-3-22(2)9-10-23(15-16-34-21-39)19-29-37-30(31-32(33)35-17-18-38(29)31)26-12-11-25-13-14-27(36-28(25)20-26)24-7-5-4-6-8-24;1-3-2/h4-8,11-14,17-18,20-23H,3,9-10,15-16,19H2,1-2H3,(H2,33,35)(H,34,39);3H2,1-2H3. The van der Waals surface area contributed by atoms with Crippen molar-refractivity contribution >= 4 is 28.6 Å². The van der Waals surface area contributed by atoms with Crippen LogP contribution in [-0.4, -0.2) is 32.3 Å². The molecule has 7 nitrogen and oxygen atoms in total. The molecule has 3 N–H and O–H groups in total. The van der Waals surface area contributed by atoms with Crippen LogP contribution in [0.2, 0.25) is 0 Å². The molecule has 2 unspecified atom stereocenters. The Morgan fingerprint density at radius 1 is 0.952 bits per heavy atom. The first-order valence-electron chi connectivity index (χ1n) is 15.2. The predicted octanol–water partition coefficient (Wildman–Crippen LogP) is 7.73. The van der Waals surface area contributed by atoms with Gasteiger partial charge >= 0.3 is 0 Å². The van der Waals surface area contributed by atoms with Crippen LogP contribution in [0.15, 0.2) is 73.1 Å². The predicted molar refractivity (Wildman–Crippen MR) is 174 cm³/mol. The molecule has 3 aromatic heterocycles. The molecule has 0 bridgehead atoms. The molecule has 2 aromatic carbocycles. The van der Waals surface area contributed by atoms with E-state index in [-0.39, 0.29) is 0 Å². The van der Waals surface area contributed by atoms with Crippen LogP contribution in [0.4, 0.5) is 5.82 Å². The Balaban J connectivity index is 0.00000129. The summed E-state index contributed by atoms with van der Waals surface area (Å²) in [6, 6.07) is 20.6. The molecule has 0 aliphatic heterocycles. The van der Waals surface area contributed by atoms with Gasteiger partial charge < -0.3 is 11.1 Å². The first kappa shape index (κ1) is 30.7. The number of aromatic nitrogens is 4. The summed E-state index contributed by atoms with van der Waals surface area (Å²) in [6.07, 6.45) is 10.8. The van der Waals surface area contributed by atoms with E-state index in [1.807, 2.05) is 24.4 Å². The summed E-state index contributed by atoms with van der Waals surface area (Å²) in [7, 11) is 0. The van der Waals surface area contributed by atoms with Crippen LogP contribution in [0, 0.1) is 11.8 Å². The summed E-state index contributed by atoms with van der Waals surface area (Å²) in [5.41, 5.74) is 11.9. The molecule has 0 radical (unpaired) electrons. The molecular weight excluding hydrogens is 520 g/mol. The second-order valence-corrected chi connectivity index (χ2v) is 11.1. The number of hydrogen-bond acceptors (Lipinski definition) is 5. The quantitative estimate of drug-likeness (QED) is 0.119. The van der Waals surface area contributed by atoms with Crippen LogP contribution in [0.3, 0.4) is 0 Å². The van der Waals surface area contributed by atoms with Crippen molar-refractivity contribution < 1.29 is 4.79 Å². The highest BCUT2D eigenvalue weighted by atomic mass is 16.1. The fourth-order valence-electron chi connectivity index (χ4n) is 5.18. The maximum Gasteiger partial charge on any atom is 0.207 e. The van der Waals surface area contributed by atoms with Crippen molar-refractivity contribution in [3.8, 4) is 22.5 Å². The summed E-state index contributed by atoms with van der Waals surface area (Å²) in [5, 5.41) is 3.90. The third-order valence-electron chi connectivity index (χ3n) is 7.71. The van der Waals surface area contributed by atoms with Crippen molar-refractivity contribution in [3.05, 3.63) is 78.9 Å². The van der Waals surface area contributed by atoms with E-state index >= 15 is 0 Å². The number of nitrogens with one attached hydrogen (secondary N) is 1. The Kier molecular flexibility index (Phi) is 11.0. The number of benzene rings is 2. The van der Waals surface area contributed by atoms with Gasteiger partial charge in [0.15, 0.2) is 0 Å². The highest BCUT2D eigenvalue weighted by Gasteiger charge is 2.20. The molecule has 1 amide bonds. The number of imidazole rings is 1. The van der Waals surface area contributed by atoms with Gasteiger partial charge in [-0.25, -0.2) is 15.0 Å². The number of hydrogen-bond donors (Lipinski definition) is 2. The lowest BCUT2D eigenvalue weighted by molar-refractivity contribution is -0.109. The first-order valence-corrected chi connectivity index (χ1v) is 15.2. The summed E-state index contributed by atoms with van der Waals surface area (Å²) in [6.45, 7) is 9.45. The van der Waals surface area contributed by atoms with E-state index < -0.39 is 0 Å². The third-order valence-corrected chi connectivity index (χ3v) is 7.71. The number of anilines is 1. The van der Waals surface area contributed by atoms with Gasteiger partial charge in [-0.15, -0.1) is 0 Å². The topological polar surface area (TPSA) is 98.2 Å². The van der Waals surface area contributed by atoms with Crippen LogP contribution >= 0.6 is 0 Å². The van der Waals surface area contributed by atoms with Crippen molar-refractivity contribution in [2.45, 2.75) is 66.2 Å². The van der Waals surface area contributed by atoms with E-state index in [1.54, 1.807) is 6.20 Å². The van der Waals surface area contributed by atoms with Gasteiger partial charge in [0.05, 0.1) is 11.2 Å². The summed E-state index contributed by atoms with van der Waals surface area (Å²) >= 11 is 0. The zero-order chi connectivity index (χ0) is 29.9. The van der Waals surface area contributed by atoms with Crippen molar-refractivity contribution in [2.75, 3.05) is 12.3 Å². The number of carbonyl (C=O) groups excluding carboxylic acids is 1. The number of fused-ring (bicyclic) bond motifs is 2. The Hall–Kier alpha value is -4.26. The smallest absolute Gasteiger partial charge is 0.207 e. The fraction of sp³-hybridized carbons (Fsp3) is 0.371. The van der Waals surface area contributed by atoms with Crippen molar-refractivity contribution in [2.24, 2.45) is 11.8 Å². The minimum atomic E-state index is 0.394. The van der Waals surface area contributed by atoms with Gasteiger partial charge in [0, 0.05) is 41.9 Å². The molecule has 220 valence electrons. The number of nitrogen functional groups attached to an aromatic ring is 1. The van der Waals surface area contributed by atoms with Crippen LogP contribution < -0.4 is 11.1 Å².